The molecule has 0 aliphatic carbocycles. The van der Waals surface area contributed by atoms with Crippen LogP contribution in [0.1, 0.15) is 19.4 Å². The first kappa shape index (κ1) is 14.8. The molecule has 2 rings (SSSR count). The number of amides is 1. The standard InChI is InChI=1S/C14H13NO2.C2H6/c1-11-7-9-12(10-8-11)15-14(16)17-13-5-3-2-4-6-13;1-2/h2-10H,1H3,(H,15,16);1-2H3. The highest BCUT2D eigenvalue weighted by Gasteiger charge is 2.03. The van der Waals surface area contributed by atoms with Gasteiger partial charge in [-0.15, -0.1) is 0 Å². The highest BCUT2D eigenvalue weighted by molar-refractivity contribution is 5.86. The maximum absolute atomic E-state index is 11.5. The van der Waals surface area contributed by atoms with Crippen LogP contribution >= 0.6 is 0 Å². The number of para-hydroxylation sites is 1. The Balaban J connectivity index is 0.000000861. The van der Waals surface area contributed by atoms with Gasteiger partial charge in [-0.25, -0.2) is 4.79 Å². The number of carbonyl (C=O) groups is 1. The van der Waals surface area contributed by atoms with E-state index in [1.165, 1.54) is 0 Å². The summed E-state index contributed by atoms with van der Waals surface area (Å²) in [5.74, 6) is 0.525. The van der Waals surface area contributed by atoms with Crippen LogP contribution in [0.5, 0.6) is 5.75 Å². The minimum Gasteiger partial charge on any atom is -0.410 e. The Morgan fingerprint density at radius 3 is 2.11 bits per heavy atom. The van der Waals surface area contributed by atoms with Crippen molar-refractivity contribution >= 4 is 11.8 Å². The number of benzene rings is 2. The Bertz CT molecular complexity index is 492. The fourth-order valence-corrected chi connectivity index (χ4v) is 1.38. The molecule has 0 aliphatic heterocycles. The molecule has 2 aromatic carbocycles. The largest absolute Gasteiger partial charge is 0.417 e. The van der Waals surface area contributed by atoms with Crippen LogP contribution in [0.3, 0.4) is 0 Å². The minimum atomic E-state index is -0.486. The Morgan fingerprint density at radius 2 is 1.53 bits per heavy atom. The summed E-state index contributed by atoms with van der Waals surface area (Å²) < 4.78 is 5.10. The minimum absolute atomic E-state index is 0.486. The Hall–Kier alpha value is -2.29. The summed E-state index contributed by atoms with van der Waals surface area (Å²) in [6.07, 6.45) is -0.486. The zero-order valence-corrected chi connectivity index (χ0v) is 11.5. The molecule has 3 heteroatoms. The summed E-state index contributed by atoms with van der Waals surface area (Å²) >= 11 is 0. The van der Waals surface area contributed by atoms with Gasteiger partial charge in [0.2, 0.25) is 0 Å². The van der Waals surface area contributed by atoms with Crippen LogP contribution in [0.15, 0.2) is 54.6 Å². The maximum atomic E-state index is 11.5. The van der Waals surface area contributed by atoms with Crippen LogP contribution in [0, 0.1) is 6.92 Å². The molecule has 19 heavy (non-hydrogen) atoms. The smallest absolute Gasteiger partial charge is 0.410 e. The van der Waals surface area contributed by atoms with E-state index in [1.807, 2.05) is 63.2 Å². The topological polar surface area (TPSA) is 38.3 Å². The third kappa shape index (κ3) is 5.25. The fraction of sp³-hybridized carbons (Fsp3) is 0.188. The molecule has 2 aromatic rings. The molecule has 0 aliphatic rings. The second-order valence-corrected chi connectivity index (χ2v) is 3.69. The number of nitrogens with one attached hydrogen (secondary N) is 1. The highest BCUT2D eigenvalue weighted by atomic mass is 16.6. The lowest BCUT2D eigenvalue weighted by molar-refractivity contribution is 0.215. The Kier molecular flexibility index (Phi) is 6.16. The molecule has 0 unspecified atom stereocenters. The number of hydrogen-bond donors (Lipinski definition) is 1. The maximum Gasteiger partial charge on any atom is 0.417 e. The Labute approximate surface area is 114 Å². The predicted octanol–water partition coefficient (Wildman–Crippen LogP) is 4.63. The van der Waals surface area contributed by atoms with Crippen molar-refractivity contribution in [2.24, 2.45) is 0 Å². The van der Waals surface area contributed by atoms with Crippen molar-refractivity contribution in [3.05, 3.63) is 60.2 Å². The molecule has 1 amide bonds. The van der Waals surface area contributed by atoms with Gasteiger partial charge in [-0.2, -0.15) is 0 Å². The quantitative estimate of drug-likeness (QED) is 0.851. The predicted molar refractivity (Wildman–Crippen MR) is 78.6 cm³/mol. The van der Waals surface area contributed by atoms with E-state index in [1.54, 1.807) is 12.1 Å². The van der Waals surface area contributed by atoms with Gasteiger partial charge in [0, 0.05) is 5.69 Å². The van der Waals surface area contributed by atoms with Gasteiger partial charge in [0.1, 0.15) is 5.75 Å². The van der Waals surface area contributed by atoms with Crippen molar-refractivity contribution in [3.63, 3.8) is 0 Å². The molecule has 0 radical (unpaired) electrons. The third-order valence-electron chi connectivity index (χ3n) is 2.25. The highest BCUT2D eigenvalue weighted by Crippen LogP contribution is 2.12. The molecule has 1 N–H and O–H groups in total. The van der Waals surface area contributed by atoms with Crippen LogP contribution in [-0.4, -0.2) is 6.09 Å². The van der Waals surface area contributed by atoms with Gasteiger partial charge in [0.15, 0.2) is 0 Å². The van der Waals surface area contributed by atoms with E-state index in [9.17, 15) is 4.79 Å². The number of hydrogen-bond acceptors (Lipinski definition) is 2. The fourth-order valence-electron chi connectivity index (χ4n) is 1.38. The molecule has 0 saturated carbocycles. The lowest BCUT2D eigenvalue weighted by atomic mass is 10.2. The molecule has 0 saturated heterocycles. The normalized spacial score (nSPS) is 9.00. The van der Waals surface area contributed by atoms with Gasteiger partial charge < -0.3 is 4.74 Å². The van der Waals surface area contributed by atoms with Crippen LogP contribution in [-0.2, 0) is 0 Å². The van der Waals surface area contributed by atoms with Gasteiger partial charge in [-0.05, 0) is 31.2 Å². The molecule has 100 valence electrons. The first-order valence-electron chi connectivity index (χ1n) is 6.34. The first-order chi connectivity index (χ1) is 9.24. The van der Waals surface area contributed by atoms with Crippen molar-refractivity contribution in [3.8, 4) is 5.75 Å². The van der Waals surface area contributed by atoms with E-state index in [2.05, 4.69) is 5.32 Å². The summed E-state index contributed by atoms with van der Waals surface area (Å²) in [6, 6.07) is 16.5. The van der Waals surface area contributed by atoms with Crippen LogP contribution in [0.25, 0.3) is 0 Å². The van der Waals surface area contributed by atoms with Gasteiger partial charge in [-0.1, -0.05) is 49.7 Å². The first-order valence-corrected chi connectivity index (χ1v) is 6.34. The van der Waals surface area contributed by atoms with Crippen LogP contribution in [0.4, 0.5) is 10.5 Å². The van der Waals surface area contributed by atoms with Crippen molar-refractivity contribution < 1.29 is 9.53 Å². The number of ether oxygens (including phenoxy) is 1. The molecular formula is C16H19NO2. The van der Waals surface area contributed by atoms with Crippen LogP contribution in [0.2, 0.25) is 0 Å². The molecule has 0 heterocycles. The van der Waals surface area contributed by atoms with Crippen molar-refractivity contribution in [1.82, 2.24) is 0 Å². The van der Waals surface area contributed by atoms with Gasteiger partial charge >= 0.3 is 6.09 Å². The van der Waals surface area contributed by atoms with E-state index >= 15 is 0 Å². The van der Waals surface area contributed by atoms with E-state index in [0.717, 1.165) is 11.3 Å². The number of aryl methyl sites for hydroxylation is 1. The van der Waals surface area contributed by atoms with Gasteiger partial charge in [0.05, 0.1) is 0 Å². The zero-order valence-electron chi connectivity index (χ0n) is 11.5. The average molecular weight is 257 g/mol. The van der Waals surface area contributed by atoms with Crippen LogP contribution < -0.4 is 10.1 Å². The van der Waals surface area contributed by atoms with E-state index in [-0.39, 0.29) is 0 Å². The molecular weight excluding hydrogens is 238 g/mol. The lowest BCUT2D eigenvalue weighted by Gasteiger charge is -2.06. The lowest BCUT2D eigenvalue weighted by Crippen LogP contribution is -2.16. The SMILES string of the molecule is CC.Cc1ccc(NC(=O)Oc2ccccc2)cc1. The third-order valence-corrected chi connectivity index (χ3v) is 2.25. The summed E-state index contributed by atoms with van der Waals surface area (Å²) in [4.78, 5) is 11.5. The second kappa shape index (κ2) is 7.93. The van der Waals surface area contributed by atoms with Gasteiger partial charge in [0.25, 0.3) is 0 Å². The van der Waals surface area contributed by atoms with E-state index < -0.39 is 6.09 Å². The average Bonchev–Trinajstić information content (AvgIpc) is 2.45. The summed E-state index contributed by atoms with van der Waals surface area (Å²) in [5.41, 5.74) is 1.86. The van der Waals surface area contributed by atoms with Crippen molar-refractivity contribution in [2.75, 3.05) is 5.32 Å². The number of rotatable bonds is 2. The monoisotopic (exact) mass is 257 g/mol. The Morgan fingerprint density at radius 1 is 0.947 bits per heavy atom. The summed E-state index contributed by atoms with van der Waals surface area (Å²) in [5, 5.41) is 2.66. The molecule has 3 nitrogen and oxygen atoms in total. The van der Waals surface area contributed by atoms with Gasteiger partial charge in [-0.3, -0.25) is 5.32 Å². The summed E-state index contributed by atoms with van der Waals surface area (Å²) in [7, 11) is 0. The molecule has 0 fully saturated rings. The zero-order chi connectivity index (χ0) is 14.1. The number of anilines is 1. The summed E-state index contributed by atoms with van der Waals surface area (Å²) in [6.45, 7) is 5.99. The van der Waals surface area contributed by atoms with E-state index in [4.69, 9.17) is 4.74 Å². The van der Waals surface area contributed by atoms with Crippen molar-refractivity contribution in [2.45, 2.75) is 20.8 Å². The molecule has 0 aromatic heterocycles. The second-order valence-electron chi connectivity index (χ2n) is 3.69. The molecule has 0 spiro atoms. The van der Waals surface area contributed by atoms with E-state index in [0.29, 0.717) is 5.75 Å². The molecule has 0 bridgehead atoms. The number of carbonyl (C=O) groups excluding carboxylic acids is 1. The van der Waals surface area contributed by atoms with Crippen molar-refractivity contribution in [1.29, 1.82) is 0 Å². The molecule has 0 atom stereocenters.